The number of aliphatic carboxylic acids is 3. The highest BCUT2D eigenvalue weighted by Crippen LogP contribution is 2.22. The number of hydrogen-bond donors (Lipinski definition) is 3. The van der Waals surface area contributed by atoms with Gasteiger partial charge < -0.3 is 20.1 Å². The highest BCUT2D eigenvalue weighted by Gasteiger charge is 2.30. The van der Waals surface area contributed by atoms with E-state index in [1.165, 1.54) is 7.11 Å². The second-order valence-corrected chi connectivity index (χ2v) is 8.38. The van der Waals surface area contributed by atoms with Crippen molar-refractivity contribution < 1.29 is 39.2 Å². The number of carbonyl (C=O) groups excluding carboxylic acids is 1. The zero-order valence-electron chi connectivity index (χ0n) is 20.3. The summed E-state index contributed by atoms with van der Waals surface area (Å²) in [4.78, 5) is 54.0. The van der Waals surface area contributed by atoms with Crippen LogP contribution < -0.4 is 0 Å². The third kappa shape index (κ3) is 11.0. The number of nitrogens with zero attached hydrogens (tertiary/aromatic N) is 4. The van der Waals surface area contributed by atoms with Gasteiger partial charge in [0.1, 0.15) is 6.04 Å². The Hall–Kier alpha value is -2.58. The molecule has 1 aromatic rings. The lowest BCUT2D eigenvalue weighted by Crippen LogP contribution is -2.49. The molecule has 1 heterocycles. The largest absolute Gasteiger partial charge is 0.480 e. The van der Waals surface area contributed by atoms with Gasteiger partial charge in [0, 0.05) is 52.4 Å². The maximum Gasteiger partial charge on any atom is 0.327 e. The van der Waals surface area contributed by atoms with E-state index in [0.717, 1.165) is 0 Å². The van der Waals surface area contributed by atoms with Crippen molar-refractivity contribution in [1.29, 1.82) is 0 Å². The maximum absolute atomic E-state index is 12.8. The van der Waals surface area contributed by atoms with Gasteiger partial charge in [-0.2, -0.15) is 0 Å². The topological polar surface area (TPSA) is 151 Å². The molecule has 13 heteroatoms. The number of esters is 1. The van der Waals surface area contributed by atoms with Crippen LogP contribution in [0.4, 0.5) is 0 Å². The first-order valence-corrected chi connectivity index (χ1v) is 11.4. The number of methoxy groups -OCH3 is 1. The predicted octanol–water partition coefficient (Wildman–Crippen LogP) is -0.0460. The van der Waals surface area contributed by atoms with Crippen LogP contribution in [-0.2, 0) is 23.9 Å². The van der Waals surface area contributed by atoms with Gasteiger partial charge in [-0.25, -0.2) is 4.79 Å². The van der Waals surface area contributed by atoms with E-state index in [2.05, 4.69) is 0 Å². The predicted molar refractivity (Wildman–Crippen MR) is 135 cm³/mol. The highest BCUT2D eigenvalue weighted by molar-refractivity contribution is 8.93. The minimum Gasteiger partial charge on any atom is -0.480 e. The van der Waals surface area contributed by atoms with Gasteiger partial charge >= 0.3 is 23.9 Å². The second kappa shape index (κ2) is 16.2. The number of carboxylic acid groups (broad SMARTS) is 3. The minimum absolute atomic E-state index is 0. The fourth-order valence-electron chi connectivity index (χ4n) is 4.10. The van der Waals surface area contributed by atoms with Crippen LogP contribution in [0.3, 0.4) is 0 Å². The summed E-state index contributed by atoms with van der Waals surface area (Å²) in [6.07, 6.45) is 0. The standard InChI is InChI=1S/C23H34N4O8.BrH/c1-35-23(34)22(18-5-3-2-4-6-18)27-13-11-25(16-20(30)31)9-7-24(15-19(28)29)8-10-26(12-14-27)17-21(32)33;/h2-6,22H,7-17H2,1H3,(H,28,29)(H,30,31)(H,32,33);1H. The summed E-state index contributed by atoms with van der Waals surface area (Å²) in [5, 5.41) is 28.0. The Balaban J connectivity index is 0.00000648. The van der Waals surface area contributed by atoms with E-state index in [4.69, 9.17) is 4.74 Å². The summed E-state index contributed by atoms with van der Waals surface area (Å²) < 4.78 is 5.07. The number of rotatable bonds is 9. The lowest BCUT2D eigenvalue weighted by atomic mass is 10.0. The number of ether oxygens (including phenoxy) is 1. The van der Waals surface area contributed by atoms with Crippen molar-refractivity contribution in [3.63, 3.8) is 0 Å². The summed E-state index contributed by atoms with van der Waals surface area (Å²) in [5.74, 6) is -3.49. The molecular formula is C23H35BrN4O8. The smallest absolute Gasteiger partial charge is 0.327 e. The van der Waals surface area contributed by atoms with Gasteiger partial charge in [-0.3, -0.25) is 34.0 Å². The molecule has 1 aromatic carbocycles. The monoisotopic (exact) mass is 574 g/mol. The molecule has 0 aromatic heterocycles. The zero-order chi connectivity index (χ0) is 25.8. The quantitative estimate of drug-likeness (QED) is 0.339. The van der Waals surface area contributed by atoms with Gasteiger partial charge in [0.05, 0.1) is 26.7 Å². The van der Waals surface area contributed by atoms with Gasteiger partial charge in [-0.1, -0.05) is 30.3 Å². The van der Waals surface area contributed by atoms with Gasteiger partial charge in [0.15, 0.2) is 0 Å². The van der Waals surface area contributed by atoms with Crippen LogP contribution in [0.25, 0.3) is 0 Å². The number of halogens is 1. The number of carbonyl (C=O) groups is 4. The van der Waals surface area contributed by atoms with Crippen molar-refractivity contribution >= 4 is 40.9 Å². The molecule has 0 saturated carbocycles. The van der Waals surface area contributed by atoms with E-state index in [1.54, 1.807) is 14.7 Å². The summed E-state index contributed by atoms with van der Waals surface area (Å²) in [6.45, 7) is 1.80. The van der Waals surface area contributed by atoms with E-state index in [9.17, 15) is 34.5 Å². The molecule has 1 aliphatic rings. The van der Waals surface area contributed by atoms with Crippen LogP contribution in [0.5, 0.6) is 0 Å². The molecule has 202 valence electrons. The molecule has 12 nitrogen and oxygen atoms in total. The van der Waals surface area contributed by atoms with Crippen molar-refractivity contribution in [2.75, 3.05) is 79.1 Å². The molecule has 3 N–H and O–H groups in total. The molecule has 0 aliphatic carbocycles. The summed E-state index contributed by atoms with van der Waals surface area (Å²) >= 11 is 0. The molecule has 1 unspecified atom stereocenters. The lowest BCUT2D eigenvalue weighted by molar-refractivity contribution is -0.148. The van der Waals surface area contributed by atoms with Crippen LogP contribution in [0, 0.1) is 0 Å². The number of carboxylic acids is 3. The Morgan fingerprint density at radius 3 is 1.42 bits per heavy atom. The van der Waals surface area contributed by atoms with Crippen LogP contribution in [0.1, 0.15) is 11.6 Å². The van der Waals surface area contributed by atoms with E-state index in [-0.39, 0.29) is 36.6 Å². The third-order valence-electron chi connectivity index (χ3n) is 5.85. The Bertz CT molecular complexity index is 828. The number of benzene rings is 1. The lowest BCUT2D eigenvalue weighted by Gasteiger charge is -2.35. The molecule has 0 bridgehead atoms. The van der Waals surface area contributed by atoms with Crippen molar-refractivity contribution in [3.05, 3.63) is 35.9 Å². The molecule has 1 atom stereocenters. The summed E-state index contributed by atoms with van der Waals surface area (Å²) in [5.41, 5.74) is 0.716. The Morgan fingerprint density at radius 2 is 1.08 bits per heavy atom. The van der Waals surface area contributed by atoms with Crippen molar-refractivity contribution in [1.82, 2.24) is 19.6 Å². The van der Waals surface area contributed by atoms with Gasteiger partial charge in [-0.05, 0) is 5.56 Å². The molecular weight excluding hydrogens is 540 g/mol. The van der Waals surface area contributed by atoms with Gasteiger partial charge in [-0.15, -0.1) is 17.0 Å². The van der Waals surface area contributed by atoms with Crippen LogP contribution >= 0.6 is 17.0 Å². The fourth-order valence-corrected chi connectivity index (χ4v) is 4.10. The Kier molecular flexibility index (Phi) is 14.2. The second-order valence-electron chi connectivity index (χ2n) is 8.38. The average molecular weight is 575 g/mol. The average Bonchev–Trinajstić information content (AvgIpc) is 2.80. The van der Waals surface area contributed by atoms with Gasteiger partial charge in [0.2, 0.25) is 0 Å². The minimum atomic E-state index is -1.01. The molecule has 2 rings (SSSR count). The van der Waals surface area contributed by atoms with Crippen LogP contribution in [-0.4, -0.2) is 138 Å². The van der Waals surface area contributed by atoms with Crippen LogP contribution in [0.2, 0.25) is 0 Å². The molecule has 1 saturated heterocycles. The third-order valence-corrected chi connectivity index (χ3v) is 5.85. The van der Waals surface area contributed by atoms with Crippen molar-refractivity contribution in [2.24, 2.45) is 0 Å². The molecule has 0 radical (unpaired) electrons. The van der Waals surface area contributed by atoms with E-state index >= 15 is 0 Å². The molecule has 36 heavy (non-hydrogen) atoms. The molecule has 0 amide bonds. The van der Waals surface area contributed by atoms with E-state index < -0.39 is 29.9 Å². The SMILES string of the molecule is Br.COC(=O)C(c1ccccc1)N1CCN(CC(=O)O)CCN(CC(=O)O)CCN(CC(=O)O)CC1. The Morgan fingerprint density at radius 1 is 0.722 bits per heavy atom. The normalized spacial score (nSPS) is 18.1. The summed E-state index contributed by atoms with van der Waals surface area (Å²) in [6, 6.07) is 8.33. The number of hydrogen-bond acceptors (Lipinski definition) is 9. The Labute approximate surface area is 220 Å². The van der Waals surface area contributed by atoms with Crippen molar-refractivity contribution in [2.45, 2.75) is 6.04 Å². The molecule has 1 aliphatic heterocycles. The van der Waals surface area contributed by atoms with Crippen molar-refractivity contribution in [3.8, 4) is 0 Å². The molecule has 0 spiro atoms. The van der Waals surface area contributed by atoms with E-state index in [0.29, 0.717) is 57.9 Å². The van der Waals surface area contributed by atoms with Gasteiger partial charge in [0.25, 0.3) is 0 Å². The first-order chi connectivity index (χ1) is 16.7. The zero-order valence-corrected chi connectivity index (χ0v) is 22.0. The highest BCUT2D eigenvalue weighted by atomic mass is 79.9. The molecule has 1 fully saturated rings. The summed E-state index contributed by atoms with van der Waals surface area (Å²) in [7, 11) is 1.30. The fraction of sp³-hybridized carbons (Fsp3) is 0.565. The van der Waals surface area contributed by atoms with E-state index in [1.807, 2.05) is 35.2 Å². The maximum atomic E-state index is 12.8. The van der Waals surface area contributed by atoms with Crippen LogP contribution in [0.15, 0.2) is 30.3 Å². The first-order valence-electron chi connectivity index (χ1n) is 11.4. The first kappa shape index (κ1) is 31.4.